The summed E-state index contributed by atoms with van der Waals surface area (Å²) in [5.41, 5.74) is 0. The van der Waals surface area contributed by atoms with E-state index in [2.05, 4.69) is 18.8 Å². The maximum absolute atomic E-state index is 12.7. The highest BCUT2D eigenvalue weighted by molar-refractivity contribution is 7.33. The third-order valence-corrected chi connectivity index (χ3v) is 10.8. The Kier molecular flexibility index (Phi) is 42.7. The molecule has 0 radical (unpaired) electrons. The van der Waals surface area contributed by atoms with Crippen molar-refractivity contribution in [1.29, 1.82) is 0 Å². The van der Waals surface area contributed by atoms with Gasteiger partial charge in [-0.1, -0.05) is 180 Å². The summed E-state index contributed by atoms with van der Waals surface area (Å²) in [4.78, 5) is 36.7. The SMILES string of the molecule is C=CCCCCCCCCCCCCCCCC(=O)OC[C@H](CO[PH](=O)OCCNC(=O)OCCC)OC(=O)CCCCCCCCCCCCCCCCC. The highest BCUT2D eigenvalue weighted by atomic mass is 31.1. The van der Waals surface area contributed by atoms with Crippen molar-refractivity contribution in [3.63, 3.8) is 0 Å². The number of alkyl carbamates (subject to hydrolysis) is 1. The van der Waals surface area contributed by atoms with E-state index in [9.17, 15) is 18.9 Å². The Bertz CT molecular complexity index is 935. The summed E-state index contributed by atoms with van der Waals surface area (Å²) in [6, 6.07) is 0. The smallest absolute Gasteiger partial charge is 0.407 e. The fraction of sp³-hybridized carbons (Fsp3) is 0.889. The number of allylic oxidation sites excluding steroid dienone is 1. The van der Waals surface area contributed by atoms with Crippen molar-refractivity contribution in [2.24, 2.45) is 0 Å². The van der Waals surface area contributed by atoms with Gasteiger partial charge in [0.1, 0.15) is 6.61 Å². The summed E-state index contributed by atoms with van der Waals surface area (Å²) in [6.07, 6.45) is 37.5. The summed E-state index contributed by atoms with van der Waals surface area (Å²) in [5, 5.41) is 2.51. The molecule has 0 aromatic rings. The average molecular weight is 816 g/mol. The lowest BCUT2D eigenvalue weighted by Crippen LogP contribution is -2.29. The first-order valence-electron chi connectivity index (χ1n) is 23.1. The zero-order valence-corrected chi connectivity index (χ0v) is 37.2. The van der Waals surface area contributed by atoms with Crippen molar-refractivity contribution < 1.29 is 42.2 Å². The molecule has 0 saturated heterocycles. The molecular formula is C45H86NO9P. The van der Waals surface area contributed by atoms with Gasteiger partial charge in [-0.25, -0.2) is 4.79 Å². The average Bonchev–Trinajstić information content (AvgIpc) is 3.19. The molecule has 0 rings (SSSR count). The topological polar surface area (TPSA) is 126 Å². The van der Waals surface area contributed by atoms with Crippen molar-refractivity contribution in [3.8, 4) is 0 Å². The standard InChI is InChI=1S/C45H86NO9P/c1-4-7-9-11-13-15-17-19-21-23-25-27-29-31-33-35-43(47)52-40-42(41-54-56(50)53-39-37-46-45(49)51-38-6-3)55-44(48)36-34-32-30-28-26-24-22-20-18-16-14-12-10-8-5-2/h4,42,56H,1,5-41H2,2-3H3,(H,46,49)/t42-/m1/s1. The van der Waals surface area contributed by atoms with Crippen LogP contribution in [-0.4, -0.2) is 57.1 Å². The highest BCUT2D eigenvalue weighted by Crippen LogP contribution is 2.24. The molecular weight excluding hydrogens is 729 g/mol. The zero-order chi connectivity index (χ0) is 41.0. The number of amides is 1. The maximum atomic E-state index is 12.7. The van der Waals surface area contributed by atoms with Gasteiger partial charge in [0.15, 0.2) is 6.10 Å². The molecule has 0 heterocycles. The molecule has 0 bridgehead atoms. The molecule has 56 heavy (non-hydrogen) atoms. The molecule has 1 N–H and O–H groups in total. The van der Waals surface area contributed by atoms with Gasteiger partial charge in [-0.15, -0.1) is 6.58 Å². The number of carbonyl (C=O) groups excluding carboxylic acids is 3. The van der Waals surface area contributed by atoms with Crippen LogP contribution in [0.5, 0.6) is 0 Å². The van der Waals surface area contributed by atoms with Gasteiger partial charge in [0.05, 0.1) is 19.8 Å². The van der Waals surface area contributed by atoms with E-state index in [0.29, 0.717) is 19.4 Å². The van der Waals surface area contributed by atoms with Crippen LogP contribution in [0.4, 0.5) is 4.79 Å². The third kappa shape index (κ3) is 41.7. The fourth-order valence-electron chi connectivity index (χ4n) is 6.50. The lowest BCUT2D eigenvalue weighted by molar-refractivity contribution is -0.161. The van der Waals surface area contributed by atoms with E-state index in [4.69, 9.17) is 23.3 Å². The number of esters is 2. The van der Waals surface area contributed by atoms with Gasteiger partial charge in [0, 0.05) is 19.4 Å². The van der Waals surface area contributed by atoms with E-state index >= 15 is 0 Å². The minimum absolute atomic E-state index is 0.0331. The van der Waals surface area contributed by atoms with Crippen LogP contribution < -0.4 is 5.32 Å². The zero-order valence-electron chi connectivity index (χ0n) is 36.2. The highest BCUT2D eigenvalue weighted by Gasteiger charge is 2.19. The van der Waals surface area contributed by atoms with Crippen LogP contribution in [0.15, 0.2) is 12.7 Å². The van der Waals surface area contributed by atoms with Gasteiger partial charge < -0.3 is 28.6 Å². The van der Waals surface area contributed by atoms with E-state index in [1.54, 1.807) is 0 Å². The van der Waals surface area contributed by atoms with Gasteiger partial charge in [0.2, 0.25) is 0 Å². The molecule has 10 nitrogen and oxygen atoms in total. The van der Waals surface area contributed by atoms with Gasteiger partial charge >= 0.3 is 26.3 Å². The molecule has 330 valence electrons. The maximum Gasteiger partial charge on any atom is 0.407 e. The number of hydrogen-bond acceptors (Lipinski definition) is 9. The Labute approximate surface area is 344 Å². The molecule has 0 saturated carbocycles. The molecule has 1 amide bonds. The van der Waals surface area contributed by atoms with Gasteiger partial charge in [0.25, 0.3) is 0 Å². The first kappa shape index (κ1) is 54.1. The first-order valence-corrected chi connectivity index (χ1v) is 24.3. The van der Waals surface area contributed by atoms with Gasteiger partial charge in [-0.05, 0) is 32.1 Å². The molecule has 0 aromatic carbocycles. The summed E-state index contributed by atoms with van der Waals surface area (Å²) in [7, 11) is -2.93. The van der Waals surface area contributed by atoms with Crippen LogP contribution >= 0.6 is 8.25 Å². The molecule has 0 aliphatic rings. The molecule has 0 spiro atoms. The fourth-order valence-corrected chi connectivity index (χ4v) is 7.17. The van der Waals surface area contributed by atoms with Crippen LogP contribution in [0.2, 0.25) is 0 Å². The number of nitrogens with one attached hydrogen (secondary N) is 1. The Morgan fingerprint density at radius 1 is 0.536 bits per heavy atom. The number of carbonyl (C=O) groups is 3. The van der Waals surface area contributed by atoms with E-state index in [0.717, 1.165) is 44.9 Å². The van der Waals surface area contributed by atoms with E-state index in [1.807, 2.05) is 13.0 Å². The number of rotatable bonds is 44. The van der Waals surface area contributed by atoms with E-state index < -0.39 is 20.5 Å². The molecule has 1 unspecified atom stereocenters. The predicted octanol–water partition coefficient (Wildman–Crippen LogP) is 13.3. The Balaban J connectivity index is 4.29. The summed E-state index contributed by atoms with van der Waals surface area (Å²) >= 11 is 0. The molecule has 2 atom stereocenters. The van der Waals surface area contributed by atoms with E-state index in [-0.39, 0.29) is 44.7 Å². The predicted molar refractivity (Wildman–Crippen MR) is 230 cm³/mol. The number of unbranched alkanes of at least 4 members (excludes halogenated alkanes) is 27. The van der Waals surface area contributed by atoms with Crippen LogP contribution in [0.1, 0.15) is 219 Å². The lowest BCUT2D eigenvalue weighted by atomic mass is 10.0. The van der Waals surface area contributed by atoms with Crippen LogP contribution in [0, 0.1) is 0 Å². The van der Waals surface area contributed by atoms with Gasteiger partial charge in [-0.3, -0.25) is 14.2 Å². The minimum atomic E-state index is -2.93. The number of ether oxygens (including phenoxy) is 3. The largest absolute Gasteiger partial charge is 0.462 e. The Morgan fingerprint density at radius 2 is 0.982 bits per heavy atom. The Morgan fingerprint density at radius 3 is 1.45 bits per heavy atom. The van der Waals surface area contributed by atoms with Crippen molar-refractivity contribution in [1.82, 2.24) is 5.32 Å². The first-order chi connectivity index (χ1) is 27.4. The van der Waals surface area contributed by atoms with Crippen molar-refractivity contribution in [2.75, 3.05) is 33.0 Å². The monoisotopic (exact) mass is 816 g/mol. The second-order valence-corrected chi connectivity index (χ2v) is 16.5. The summed E-state index contributed by atoms with van der Waals surface area (Å²) in [6.45, 7) is 7.93. The Hall–Kier alpha value is -1.90. The van der Waals surface area contributed by atoms with Crippen LogP contribution in [0.3, 0.4) is 0 Å². The molecule has 0 aliphatic heterocycles. The normalized spacial score (nSPS) is 12.2. The minimum Gasteiger partial charge on any atom is -0.462 e. The van der Waals surface area contributed by atoms with Crippen molar-refractivity contribution in [2.45, 2.75) is 225 Å². The second kappa shape index (κ2) is 44.2. The number of hydrogen-bond donors (Lipinski definition) is 1. The molecule has 0 fully saturated rings. The summed E-state index contributed by atoms with van der Waals surface area (Å²) in [5.74, 6) is -0.734. The summed E-state index contributed by atoms with van der Waals surface area (Å²) < 4.78 is 38.8. The van der Waals surface area contributed by atoms with Crippen LogP contribution in [-0.2, 0) is 37.4 Å². The molecule has 0 aliphatic carbocycles. The van der Waals surface area contributed by atoms with E-state index in [1.165, 1.54) is 141 Å². The van der Waals surface area contributed by atoms with Crippen molar-refractivity contribution >= 4 is 26.3 Å². The van der Waals surface area contributed by atoms with Crippen LogP contribution in [0.25, 0.3) is 0 Å². The molecule has 0 aromatic heterocycles. The second-order valence-electron chi connectivity index (χ2n) is 15.4. The van der Waals surface area contributed by atoms with Gasteiger partial charge in [-0.2, -0.15) is 0 Å². The molecule has 11 heteroatoms. The lowest BCUT2D eigenvalue weighted by Gasteiger charge is -2.18. The third-order valence-electron chi connectivity index (χ3n) is 9.92. The quantitative estimate of drug-likeness (QED) is 0.0210. The van der Waals surface area contributed by atoms with Crippen molar-refractivity contribution in [3.05, 3.63) is 12.7 Å².